The number of anilines is 1. The van der Waals surface area contributed by atoms with Crippen molar-refractivity contribution in [2.45, 2.75) is 12.5 Å². The Balaban J connectivity index is 2.79. The molecule has 0 fully saturated rings. The molecule has 0 bridgehead atoms. The van der Waals surface area contributed by atoms with Crippen molar-refractivity contribution in [3.8, 4) is 0 Å². The maximum Gasteiger partial charge on any atom is 0.0837 e. The second-order valence-electron chi connectivity index (χ2n) is 2.60. The van der Waals surface area contributed by atoms with Crippen LogP contribution in [0.3, 0.4) is 0 Å². The van der Waals surface area contributed by atoms with Gasteiger partial charge < -0.3 is 16.6 Å². The van der Waals surface area contributed by atoms with Crippen molar-refractivity contribution in [1.29, 1.82) is 0 Å². The lowest BCUT2D eigenvalue weighted by Crippen LogP contribution is -2.08. The molecule has 5 N–H and O–H groups in total. The number of aliphatic hydroxyl groups excluding tert-OH is 1. The fourth-order valence-corrected chi connectivity index (χ4v) is 1.01. The molecule has 0 saturated carbocycles. The van der Waals surface area contributed by atoms with E-state index in [-0.39, 0.29) is 0 Å². The predicted molar refractivity (Wildman–Crippen MR) is 47.3 cm³/mol. The Bertz CT molecular complexity index is 252. The largest absolute Gasteiger partial charge is 0.398 e. The Hall–Kier alpha value is -1.13. The van der Waals surface area contributed by atoms with E-state index < -0.39 is 6.10 Å². The summed E-state index contributed by atoms with van der Waals surface area (Å²) in [5.41, 5.74) is 12.1. The van der Waals surface area contributed by atoms with Crippen LogP contribution in [0.4, 0.5) is 5.69 Å². The van der Waals surface area contributed by atoms with Gasteiger partial charge in [-0.2, -0.15) is 0 Å². The van der Waals surface area contributed by atoms with Gasteiger partial charge in [0.15, 0.2) is 0 Å². The van der Waals surface area contributed by atoms with E-state index in [1.165, 1.54) is 0 Å². The van der Waals surface area contributed by atoms with Gasteiger partial charge in [-0.1, -0.05) is 0 Å². The molecule has 0 aromatic carbocycles. The molecule has 0 aliphatic carbocycles. The second-order valence-corrected chi connectivity index (χ2v) is 2.60. The van der Waals surface area contributed by atoms with Gasteiger partial charge in [0.1, 0.15) is 0 Å². The van der Waals surface area contributed by atoms with Crippen molar-refractivity contribution in [2.24, 2.45) is 5.73 Å². The smallest absolute Gasteiger partial charge is 0.0837 e. The molecule has 1 atom stereocenters. The van der Waals surface area contributed by atoms with Crippen LogP contribution in [0.5, 0.6) is 0 Å². The van der Waals surface area contributed by atoms with Gasteiger partial charge in [0.25, 0.3) is 0 Å². The molecule has 0 aliphatic heterocycles. The third-order valence-electron chi connectivity index (χ3n) is 1.69. The molecule has 0 radical (unpaired) electrons. The highest BCUT2D eigenvalue weighted by molar-refractivity contribution is 5.45. The highest BCUT2D eigenvalue weighted by Gasteiger charge is 2.08. The summed E-state index contributed by atoms with van der Waals surface area (Å²) in [6.45, 7) is 0.440. The Morgan fingerprint density at radius 2 is 2.33 bits per heavy atom. The zero-order valence-electron chi connectivity index (χ0n) is 6.77. The molecule has 12 heavy (non-hydrogen) atoms. The normalized spacial score (nSPS) is 12.8. The third-order valence-corrected chi connectivity index (χ3v) is 1.69. The number of pyridine rings is 1. The number of nitrogens with two attached hydrogens (primary N) is 2. The number of aliphatic hydroxyl groups is 1. The summed E-state index contributed by atoms with van der Waals surface area (Å²) in [4.78, 5) is 3.87. The van der Waals surface area contributed by atoms with Crippen LogP contribution in [0, 0.1) is 0 Å². The molecule has 1 rings (SSSR count). The summed E-state index contributed by atoms with van der Waals surface area (Å²) in [6, 6.07) is 1.66. The quantitative estimate of drug-likeness (QED) is 0.593. The zero-order valence-corrected chi connectivity index (χ0v) is 6.77. The van der Waals surface area contributed by atoms with E-state index in [1.807, 2.05) is 0 Å². The van der Waals surface area contributed by atoms with Gasteiger partial charge in [-0.25, -0.2) is 0 Å². The maximum atomic E-state index is 9.50. The Morgan fingerprint density at radius 3 is 2.92 bits per heavy atom. The number of hydrogen-bond donors (Lipinski definition) is 3. The molecular weight excluding hydrogens is 154 g/mol. The molecule has 1 aromatic rings. The van der Waals surface area contributed by atoms with Gasteiger partial charge in [0.2, 0.25) is 0 Å². The maximum absolute atomic E-state index is 9.50. The molecule has 4 heteroatoms. The third kappa shape index (κ3) is 1.93. The van der Waals surface area contributed by atoms with Crippen molar-refractivity contribution in [2.75, 3.05) is 12.3 Å². The molecule has 0 aliphatic rings. The van der Waals surface area contributed by atoms with E-state index >= 15 is 0 Å². The standard InChI is InChI=1S/C8H13N3O/c9-3-1-8(12)6-5-11-4-2-7(6)10/h2,4-5,8,12H,1,3,9H2,(H2,10,11). The zero-order chi connectivity index (χ0) is 8.97. The summed E-state index contributed by atoms with van der Waals surface area (Å²) in [5, 5.41) is 9.50. The average Bonchev–Trinajstić information content (AvgIpc) is 2.05. The summed E-state index contributed by atoms with van der Waals surface area (Å²) in [6.07, 6.45) is 3.07. The summed E-state index contributed by atoms with van der Waals surface area (Å²) < 4.78 is 0. The topological polar surface area (TPSA) is 85.2 Å². The number of rotatable bonds is 3. The summed E-state index contributed by atoms with van der Waals surface area (Å²) >= 11 is 0. The lowest BCUT2D eigenvalue weighted by molar-refractivity contribution is 0.170. The lowest BCUT2D eigenvalue weighted by atomic mass is 10.1. The van der Waals surface area contributed by atoms with Gasteiger partial charge in [-0.15, -0.1) is 0 Å². The molecule has 66 valence electrons. The van der Waals surface area contributed by atoms with E-state index in [4.69, 9.17) is 11.5 Å². The van der Waals surface area contributed by atoms with Crippen molar-refractivity contribution >= 4 is 5.69 Å². The van der Waals surface area contributed by atoms with Crippen LogP contribution in [-0.2, 0) is 0 Å². The molecule has 1 aromatic heterocycles. The van der Waals surface area contributed by atoms with Gasteiger partial charge >= 0.3 is 0 Å². The number of nitrogens with zero attached hydrogens (tertiary/aromatic N) is 1. The minimum atomic E-state index is -0.594. The van der Waals surface area contributed by atoms with Gasteiger partial charge in [-0.05, 0) is 19.0 Å². The van der Waals surface area contributed by atoms with Crippen LogP contribution in [-0.4, -0.2) is 16.6 Å². The summed E-state index contributed by atoms with van der Waals surface area (Å²) in [5.74, 6) is 0. The minimum absolute atomic E-state index is 0.440. The van der Waals surface area contributed by atoms with Crippen LogP contribution < -0.4 is 11.5 Å². The van der Waals surface area contributed by atoms with Crippen molar-refractivity contribution in [1.82, 2.24) is 4.98 Å². The first-order valence-corrected chi connectivity index (χ1v) is 3.83. The monoisotopic (exact) mass is 167 g/mol. The predicted octanol–water partition coefficient (Wildman–Crippen LogP) is 0.0460. The van der Waals surface area contributed by atoms with E-state index in [1.54, 1.807) is 18.5 Å². The Kier molecular flexibility index (Phi) is 3.01. The Labute approximate surface area is 71.2 Å². The SMILES string of the molecule is NCCC(O)c1cnccc1N. The lowest BCUT2D eigenvalue weighted by Gasteiger charge is -2.10. The van der Waals surface area contributed by atoms with Crippen LogP contribution >= 0.6 is 0 Å². The van der Waals surface area contributed by atoms with Crippen LogP contribution in [0.25, 0.3) is 0 Å². The first-order chi connectivity index (χ1) is 5.75. The van der Waals surface area contributed by atoms with E-state index in [2.05, 4.69) is 4.98 Å². The molecule has 0 amide bonds. The van der Waals surface area contributed by atoms with Crippen LogP contribution in [0.1, 0.15) is 18.1 Å². The fraction of sp³-hybridized carbons (Fsp3) is 0.375. The number of hydrogen-bond acceptors (Lipinski definition) is 4. The molecule has 0 spiro atoms. The highest BCUT2D eigenvalue weighted by atomic mass is 16.3. The number of nitrogen functional groups attached to an aromatic ring is 1. The van der Waals surface area contributed by atoms with E-state index in [0.717, 1.165) is 0 Å². The number of aromatic nitrogens is 1. The van der Waals surface area contributed by atoms with E-state index in [9.17, 15) is 5.11 Å². The van der Waals surface area contributed by atoms with Crippen LogP contribution in [0.2, 0.25) is 0 Å². The molecule has 4 nitrogen and oxygen atoms in total. The van der Waals surface area contributed by atoms with Crippen molar-refractivity contribution in [3.63, 3.8) is 0 Å². The first-order valence-electron chi connectivity index (χ1n) is 3.83. The van der Waals surface area contributed by atoms with Gasteiger partial charge in [-0.3, -0.25) is 4.98 Å². The van der Waals surface area contributed by atoms with Crippen molar-refractivity contribution in [3.05, 3.63) is 24.0 Å². The minimum Gasteiger partial charge on any atom is -0.398 e. The highest BCUT2D eigenvalue weighted by Crippen LogP contribution is 2.20. The first kappa shape index (κ1) is 8.96. The van der Waals surface area contributed by atoms with Gasteiger partial charge in [0, 0.05) is 23.6 Å². The van der Waals surface area contributed by atoms with Gasteiger partial charge in [0.05, 0.1) is 6.10 Å². The second kappa shape index (κ2) is 4.04. The Morgan fingerprint density at radius 1 is 1.58 bits per heavy atom. The van der Waals surface area contributed by atoms with Crippen molar-refractivity contribution < 1.29 is 5.11 Å². The fourth-order valence-electron chi connectivity index (χ4n) is 1.01. The molecule has 1 heterocycles. The summed E-state index contributed by atoms with van der Waals surface area (Å²) in [7, 11) is 0. The van der Waals surface area contributed by atoms with E-state index in [0.29, 0.717) is 24.2 Å². The molecular formula is C8H13N3O. The average molecular weight is 167 g/mol. The molecule has 0 saturated heterocycles. The molecule has 1 unspecified atom stereocenters. The van der Waals surface area contributed by atoms with Crippen LogP contribution in [0.15, 0.2) is 18.5 Å².